The number of nitrogens with zero attached hydrogens (tertiary/aromatic N) is 1. The predicted octanol–water partition coefficient (Wildman–Crippen LogP) is 3.09. The van der Waals surface area contributed by atoms with Crippen LogP contribution >= 0.6 is 0 Å². The molecule has 112 valence electrons. The molecule has 2 aromatic rings. The molecule has 2 heterocycles. The number of halogens is 3. The number of aromatic nitrogens is 1. The van der Waals surface area contributed by atoms with Crippen molar-refractivity contribution in [2.45, 2.75) is 31.3 Å². The second-order valence-corrected chi connectivity index (χ2v) is 5.14. The molecule has 0 bridgehead atoms. The van der Waals surface area contributed by atoms with Gasteiger partial charge in [0.2, 0.25) is 0 Å². The quantitative estimate of drug-likeness (QED) is 0.944. The normalized spacial score (nSPS) is 19.1. The van der Waals surface area contributed by atoms with E-state index in [1.165, 1.54) is 18.5 Å². The van der Waals surface area contributed by atoms with Gasteiger partial charge in [0.25, 0.3) is 0 Å². The standard InChI is InChI=1S/C15H14F3NO2/c16-15(17,18)14(20)11-5-6-19(8-11)9-12-7-10-3-1-2-4-13(10)21-12/h1-6,8,12,14,20H,7,9H2. The Morgan fingerprint density at radius 3 is 2.76 bits per heavy atom. The molecule has 6 heteroatoms. The van der Waals surface area contributed by atoms with Gasteiger partial charge in [0, 0.05) is 24.4 Å². The van der Waals surface area contributed by atoms with E-state index >= 15 is 0 Å². The van der Waals surface area contributed by atoms with Crippen molar-refractivity contribution < 1.29 is 23.0 Å². The molecule has 0 amide bonds. The van der Waals surface area contributed by atoms with Gasteiger partial charge in [0.05, 0.1) is 6.54 Å². The number of para-hydroxylation sites is 1. The molecule has 1 N–H and O–H groups in total. The topological polar surface area (TPSA) is 34.4 Å². The molecule has 1 aliphatic rings. The number of aliphatic hydroxyl groups is 1. The Morgan fingerprint density at radius 1 is 1.29 bits per heavy atom. The molecule has 21 heavy (non-hydrogen) atoms. The summed E-state index contributed by atoms with van der Waals surface area (Å²) in [5.41, 5.74) is 0.947. The lowest BCUT2D eigenvalue weighted by atomic mass is 10.1. The molecule has 3 nitrogen and oxygen atoms in total. The molecule has 0 saturated heterocycles. The number of fused-ring (bicyclic) bond motifs is 1. The Kier molecular flexibility index (Phi) is 3.41. The number of hydrogen-bond acceptors (Lipinski definition) is 2. The Hall–Kier alpha value is -1.95. The van der Waals surface area contributed by atoms with Crippen LogP contribution in [0.1, 0.15) is 17.2 Å². The van der Waals surface area contributed by atoms with Crippen molar-refractivity contribution in [3.8, 4) is 5.75 Å². The zero-order valence-corrected chi connectivity index (χ0v) is 11.0. The largest absolute Gasteiger partial charge is 0.488 e. The van der Waals surface area contributed by atoms with Crippen LogP contribution in [0.5, 0.6) is 5.75 Å². The van der Waals surface area contributed by atoms with E-state index in [4.69, 9.17) is 4.74 Å². The Bertz CT molecular complexity index is 611. The van der Waals surface area contributed by atoms with Crippen molar-refractivity contribution in [1.29, 1.82) is 0 Å². The zero-order chi connectivity index (χ0) is 15.0. The van der Waals surface area contributed by atoms with E-state index in [0.29, 0.717) is 6.54 Å². The summed E-state index contributed by atoms with van der Waals surface area (Å²) in [4.78, 5) is 0. The van der Waals surface area contributed by atoms with E-state index in [9.17, 15) is 18.3 Å². The minimum Gasteiger partial charge on any atom is -0.488 e. The SMILES string of the molecule is OC(c1ccn(CC2Cc3ccccc3O2)c1)C(F)(F)F. The molecule has 1 aliphatic heterocycles. The van der Waals surface area contributed by atoms with E-state index < -0.39 is 12.3 Å². The van der Waals surface area contributed by atoms with Crippen LogP contribution in [0.2, 0.25) is 0 Å². The van der Waals surface area contributed by atoms with Crippen molar-refractivity contribution in [3.05, 3.63) is 53.9 Å². The second kappa shape index (κ2) is 5.11. The van der Waals surface area contributed by atoms with Crippen LogP contribution in [-0.2, 0) is 13.0 Å². The highest BCUT2D eigenvalue weighted by Gasteiger charge is 2.39. The molecule has 2 unspecified atom stereocenters. The predicted molar refractivity (Wildman–Crippen MR) is 70.0 cm³/mol. The molecule has 0 saturated carbocycles. The van der Waals surface area contributed by atoms with Gasteiger partial charge < -0.3 is 14.4 Å². The molecule has 3 rings (SSSR count). The molecule has 2 atom stereocenters. The first-order valence-electron chi connectivity index (χ1n) is 6.58. The van der Waals surface area contributed by atoms with Gasteiger partial charge in [-0.25, -0.2) is 0 Å². The van der Waals surface area contributed by atoms with Gasteiger partial charge in [-0.15, -0.1) is 0 Å². The fourth-order valence-electron chi connectivity index (χ4n) is 2.51. The Labute approximate surface area is 119 Å². The van der Waals surface area contributed by atoms with Gasteiger partial charge >= 0.3 is 6.18 Å². The van der Waals surface area contributed by atoms with E-state index in [1.807, 2.05) is 24.3 Å². The van der Waals surface area contributed by atoms with E-state index in [0.717, 1.165) is 17.7 Å². The first kappa shape index (κ1) is 14.0. The van der Waals surface area contributed by atoms with E-state index in [1.54, 1.807) is 4.57 Å². The lowest BCUT2D eigenvalue weighted by molar-refractivity contribution is -0.206. The highest BCUT2D eigenvalue weighted by molar-refractivity contribution is 5.37. The number of hydrogen-bond donors (Lipinski definition) is 1. The highest BCUT2D eigenvalue weighted by atomic mass is 19.4. The molecule has 1 aromatic carbocycles. The van der Waals surface area contributed by atoms with Crippen molar-refractivity contribution in [2.75, 3.05) is 0 Å². The molecular formula is C15H14F3NO2. The van der Waals surface area contributed by atoms with E-state index in [2.05, 4.69) is 0 Å². The molecule has 0 radical (unpaired) electrons. The summed E-state index contributed by atoms with van der Waals surface area (Å²) in [6.45, 7) is 0.444. The Morgan fingerprint density at radius 2 is 2.05 bits per heavy atom. The third-order valence-electron chi connectivity index (χ3n) is 3.53. The van der Waals surface area contributed by atoms with Gasteiger partial charge in [-0.05, 0) is 17.7 Å². The van der Waals surface area contributed by atoms with E-state index in [-0.39, 0.29) is 11.7 Å². The fourth-order valence-corrected chi connectivity index (χ4v) is 2.51. The monoisotopic (exact) mass is 297 g/mol. The van der Waals surface area contributed by atoms with Gasteiger partial charge in [-0.1, -0.05) is 18.2 Å². The van der Waals surface area contributed by atoms with Crippen molar-refractivity contribution in [3.63, 3.8) is 0 Å². The third-order valence-corrected chi connectivity index (χ3v) is 3.53. The summed E-state index contributed by atoms with van der Waals surface area (Å²) in [7, 11) is 0. The zero-order valence-electron chi connectivity index (χ0n) is 11.0. The number of ether oxygens (including phenoxy) is 1. The average molecular weight is 297 g/mol. The van der Waals surface area contributed by atoms with Crippen LogP contribution in [0.4, 0.5) is 13.2 Å². The highest BCUT2D eigenvalue weighted by Crippen LogP contribution is 2.33. The molecule has 0 spiro atoms. The van der Waals surface area contributed by atoms with Crippen molar-refractivity contribution in [2.24, 2.45) is 0 Å². The van der Waals surface area contributed by atoms with Crippen LogP contribution in [0.15, 0.2) is 42.7 Å². The summed E-state index contributed by atoms with van der Waals surface area (Å²) in [6, 6.07) is 8.95. The smallest absolute Gasteiger partial charge is 0.418 e. The first-order valence-corrected chi connectivity index (χ1v) is 6.58. The lowest BCUT2D eigenvalue weighted by Crippen LogP contribution is -2.21. The van der Waals surface area contributed by atoms with Gasteiger partial charge in [-0.2, -0.15) is 13.2 Å². The maximum atomic E-state index is 12.4. The summed E-state index contributed by atoms with van der Waals surface area (Å²) in [6.07, 6.45) is -3.63. The van der Waals surface area contributed by atoms with Crippen LogP contribution in [0.3, 0.4) is 0 Å². The average Bonchev–Trinajstić information content (AvgIpc) is 3.03. The number of rotatable bonds is 3. The first-order chi connectivity index (χ1) is 9.93. The number of aliphatic hydroxyl groups excluding tert-OH is 1. The van der Waals surface area contributed by atoms with Gasteiger partial charge in [-0.3, -0.25) is 0 Å². The van der Waals surface area contributed by atoms with Crippen LogP contribution in [0, 0.1) is 0 Å². The molecule has 0 fully saturated rings. The van der Waals surface area contributed by atoms with Gasteiger partial charge in [0.15, 0.2) is 6.10 Å². The number of alkyl halides is 3. The molecule has 1 aromatic heterocycles. The van der Waals surface area contributed by atoms with Crippen molar-refractivity contribution in [1.82, 2.24) is 4.57 Å². The van der Waals surface area contributed by atoms with Crippen LogP contribution in [0.25, 0.3) is 0 Å². The summed E-state index contributed by atoms with van der Waals surface area (Å²) in [5.74, 6) is 0.824. The minimum absolute atomic E-state index is 0.106. The maximum Gasteiger partial charge on any atom is 0.418 e. The van der Waals surface area contributed by atoms with Crippen LogP contribution in [-0.4, -0.2) is 22.0 Å². The summed E-state index contributed by atoms with van der Waals surface area (Å²) >= 11 is 0. The minimum atomic E-state index is -4.65. The van der Waals surface area contributed by atoms with Crippen LogP contribution < -0.4 is 4.74 Å². The number of benzene rings is 1. The summed E-state index contributed by atoms with van der Waals surface area (Å²) < 4.78 is 44.7. The Balaban J connectivity index is 1.67. The summed E-state index contributed by atoms with van der Waals surface area (Å²) in [5, 5.41) is 9.20. The fraction of sp³-hybridized carbons (Fsp3) is 0.333. The molecular weight excluding hydrogens is 283 g/mol. The third kappa shape index (κ3) is 2.90. The second-order valence-electron chi connectivity index (χ2n) is 5.14. The van der Waals surface area contributed by atoms with Gasteiger partial charge in [0.1, 0.15) is 11.9 Å². The lowest BCUT2D eigenvalue weighted by Gasteiger charge is -2.13. The molecule has 0 aliphatic carbocycles. The van der Waals surface area contributed by atoms with Crippen molar-refractivity contribution >= 4 is 0 Å². The maximum absolute atomic E-state index is 12.4.